The first kappa shape index (κ1) is 19.5. The van der Waals surface area contributed by atoms with Crippen LogP contribution in [0.4, 0.5) is 0 Å². The van der Waals surface area contributed by atoms with E-state index >= 15 is 0 Å². The minimum Gasteiger partial charge on any atom is -0.384 e. The Bertz CT molecular complexity index is 1520. The normalized spacial score (nSPS) is 14.7. The summed E-state index contributed by atoms with van der Waals surface area (Å²) < 4.78 is 2.50. The summed E-state index contributed by atoms with van der Waals surface area (Å²) in [6.07, 6.45) is -0.901. The van der Waals surface area contributed by atoms with Crippen molar-refractivity contribution < 1.29 is 5.11 Å². The standard InChI is InChI=1S/C25H23N3O3/c1-12-10-15(11-13(2)14(12)3)18-19-21(16-8-6-7-9-17(16)22(19)29)26-23-20(18)24(30)28(5)25(31)27(23)4/h6-11,22,29H,1-5H3/t22-/m0/s1. The van der Waals surface area contributed by atoms with Crippen molar-refractivity contribution in [1.82, 2.24) is 14.1 Å². The number of pyridine rings is 1. The summed E-state index contributed by atoms with van der Waals surface area (Å²) in [6, 6.07) is 11.6. The molecule has 0 saturated heterocycles. The van der Waals surface area contributed by atoms with E-state index < -0.39 is 17.4 Å². The summed E-state index contributed by atoms with van der Waals surface area (Å²) in [5, 5.41) is 11.6. The van der Waals surface area contributed by atoms with E-state index in [4.69, 9.17) is 4.98 Å². The Morgan fingerprint density at radius 2 is 1.61 bits per heavy atom. The lowest BCUT2D eigenvalue weighted by Gasteiger charge is -2.18. The molecule has 2 aromatic carbocycles. The molecule has 0 radical (unpaired) electrons. The SMILES string of the molecule is Cc1cc(-c2c3c(nc4c2c(=O)n(C)c(=O)n4C)-c2ccccc2[C@@H]3O)cc(C)c1C. The predicted octanol–water partition coefficient (Wildman–Crippen LogP) is 3.29. The van der Waals surface area contributed by atoms with Crippen molar-refractivity contribution in [3.63, 3.8) is 0 Å². The zero-order valence-corrected chi connectivity index (χ0v) is 18.1. The van der Waals surface area contributed by atoms with Gasteiger partial charge in [0, 0.05) is 30.8 Å². The second-order valence-electron chi connectivity index (χ2n) is 8.38. The van der Waals surface area contributed by atoms with Gasteiger partial charge in [-0.15, -0.1) is 0 Å². The number of fused-ring (bicyclic) bond motifs is 4. The van der Waals surface area contributed by atoms with Gasteiger partial charge in [-0.1, -0.05) is 36.4 Å². The molecule has 1 atom stereocenters. The maximum absolute atomic E-state index is 13.3. The minimum absolute atomic E-state index is 0.321. The fourth-order valence-electron chi connectivity index (χ4n) is 4.66. The van der Waals surface area contributed by atoms with E-state index in [9.17, 15) is 14.7 Å². The monoisotopic (exact) mass is 413 g/mol. The van der Waals surface area contributed by atoms with Crippen molar-refractivity contribution in [1.29, 1.82) is 0 Å². The number of rotatable bonds is 1. The molecule has 0 saturated carbocycles. The van der Waals surface area contributed by atoms with Gasteiger partial charge in [0.2, 0.25) is 0 Å². The highest BCUT2D eigenvalue weighted by Crippen LogP contribution is 2.48. The van der Waals surface area contributed by atoms with E-state index in [0.29, 0.717) is 27.9 Å². The second kappa shape index (κ2) is 6.49. The van der Waals surface area contributed by atoms with Crippen LogP contribution in [0.5, 0.6) is 0 Å². The van der Waals surface area contributed by atoms with Crippen LogP contribution in [0, 0.1) is 20.8 Å². The number of hydrogen-bond donors (Lipinski definition) is 1. The molecule has 2 aromatic heterocycles. The van der Waals surface area contributed by atoms with Gasteiger partial charge >= 0.3 is 5.69 Å². The van der Waals surface area contributed by atoms with Gasteiger partial charge in [0.25, 0.3) is 5.56 Å². The molecule has 6 heteroatoms. The van der Waals surface area contributed by atoms with Crippen molar-refractivity contribution >= 4 is 11.0 Å². The lowest BCUT2D eigenvalue weighted by molar-refractivity contribution is 0.225. The number of benzene rings is 2. The molecular weight excluding hydrogens is 390 g/mol. The van der Waals surface area contributed by atoms with Crippen LogP contribution in [0.3, 0.4) is 0 Å². The van der Waals surface area contributed by atoms with Gasteiger partial charge in [-0.3, -0.25) is 13.9 Å². The van der Waals surface area contributed by atoms with Crippen LogP contribution in [0.15, 0.2) is 46.0 Å². The summed E-state index contributed by atoms with van der Waals surface area (Å²) >= 11 is 0. The molecule has 6 nitrogen and oxygen atoms in total. The number of aliphatic hydroxyl groups excluding tert-OH is 1. The average molecular weight is 413 g/mol. The molecule has 1 aliphatic rings. The lowest BCUT2D eigenvalue weighted by Crippen LogP contribution is -2.37. The highest BCUT2D eigenvalue weighted by Gasteiger charge is 2.34. The molecule has 31 heavy (non-hydrogen) atoms. The van der Waals surface area contributed by atoms with E-state index in [-0.39, 0.29) is 0 Å². The number of aliphatic hydroxyl groups is 1. The molecule has 0 aliphatic heterocycles. The Kier molecular flexibility index (Phi) is 4.07. The number of aryl methyl sites for hydroxylation is 3. The molecule has 156 valence electrons. The topological polar surface area (TPSA) is 77.1 Å². The first-order chi connectivity index (χ1) is 14.7. The van der Waals surface area contributed by atoms with Gasteiger partial charge in [0.1, 0.15) is 6.10 Å². The number of hydrogen-bond acceptors (Lipinski definition) is 4. The summed E-state index contributed by atoms with van der Waals surface area (Å²) in [5.41, 5.74) is 7.15. The molecule has 2 heterocycles. The highest BCUT2D eigenvalue weighted by molar-refractivity contribution is 6.00. The lowest BCUT2D eigenvalue weighted by atomic mass is 9.90. The zero-order chi connectivity index (χ0) is 22.2. The van der Waals surface area contributed by atoms with E-state index in [1.165, 1.54) is 17.2 Å². The molecule has 4 aromatic rings. The van der Waals surface area contributed by atoms with E-state index in [2.05, 4.69) is 6.92 Å². The van der Waals surface area contributed by atoms with Gasteiger partial charge in [0.05, 0.1) is 11.1 Å². The van der Waals surface area contributed by atoms with Crippen LogP contribution >= 0.6 is 0 Å². The van der Waals surface area contributed by atoms with Gasteiger partial charge in [-0.2, -0.15) is 0 Å². The van der Waals surface area contributed by atoms with Crippen molar-refractivity contribution in [3.05, 3.63) is 85.1 Å². The molecule has 1 N–H and O–H groups in total. The van der Waals surface area contributed by atoms with Crippen LogP contribution < -0.4 is 11.2 Å². The maximum Gasteiger partial charge on any atom is 0.332 e. The van der Waals surface area contributed by atoms with Gasteiger partial charge < -0.3 is 5.11 Å². The van der Waals surface area contributed by atoms with Gasteiger partial charge in [-0.05, 0) is 48.6 Å². The van der Waals surface area contributed by atoms with E-state index in [1.807, 2.05) is 50.2 Å². The molecule has 0 amide bonds. The average Bonchev–Trinajstić information content (AvgIpc) is 3.05. The van der Waals surface area contributed by atoms with Crippen LogP contribution in [0.25, 0.3) is 33.4 Å². The van der Waals surface area contributed by atoms with Gasteiger partial charge in [-0.25, -0.2) is 9.78 Å². The number of aromatic nitrogens is 3. The third-order valence-corrected chi connectivity index (χ3v) is 6.63. The van der Waals surface area contributed by atoms with Crippen molar-refractivity contribution in [3.8, 4) is 22.4 Å². The third kappa shape index (κ3) is 2.51. The fourth-order valence-corrected chi connectivity index (χ4v) is 4.66. The highest BCUT2D eigenvalue weighted by atomic mass is 16.3. The van der Waals surface area contributed by atoms with Crippen LogP contribution in [-0.2, 0) is 14.1 Å². The zero-order valence-electron chi connectivity index (χ0n) is 18.1. The smallest absolute Gasteiger partial charge is 0.332 e. The molecule has 0 spiro atoms. The minimum atomic E-state index is -0.901. The van der Waals surface area contributed by atoms with E-state index in [0.717, 1.165) is 32.4 Å². The maximum atomic E-state index is 13.3. The largest absolute Gasteiger partial charge is 0.384 e. The molecule has 0 fully saturated rings. The molecular formula is C25H23N3O3. The predicted molar refractivity (Wildman–Crippen MR) is 121 cm³/mol. The molecule has 0 bridgehead atoms. The molecule has 1 aliphatic carbocycles. The molecule has 5 rings (SSSR count). The van der Waals surface area contributed by atoms with Crippen LogP contribution in [-0.4, -0.2) is 19.2 Å². The Balaban J connectivity index is 2.07. The Hall–Kier alpha value is -3.51. The fraction of sp³-hybridized carbons (Fsp3) is 0.240. The van der Waals surface area contributed by atoms with Crippen molar-refractivity contribution in [2.45, 2.75) is 26.9 Å². The summed E-state index contributed by atoms with van der Waals surface area (Å²) in [7, 11) is 3.09. The summed E-state index contributed by atoms with van der Waals surface area (Å²) in [4.78, 5) is 30.7. The third-order valence-electron chi connectivity index (χ3n) is 6.63. The Morgan fingerprint density at radius 1 is 0.968 bits per heavy atom. The van der Waals surface area contributed by atoms with Crippen molar-refractivity contribution in [2.24, 2.45) is 14.1 Å². The van der Waals surface area contributed by atoms with E-state index in [1.54, 1.807) is 7.05 Å². The molecule has 0 unspecified atom stereocenters. The van der Waals surface area contributed by atoms with Gasteiger partial charge in [0.15, 0.2) is 5.65 Å². The van der Waals surface area contributed by atoms with Crippen LogP contribution in [0.2, 0.25) is 0 Å². The van der Waals surface area contributed by atoms with Crippen LogP contribution in [0.1, 0.15) is 33.9 Å². The number of nitrogens with zero attached hydrogens (tertiary/aromatic N) is 3. The Morgan fingerprint density at radius 3 is 2.29 bits per heavy atom. The first-order valence-electron chi connectivity index (χ1n) is 10.2. The first-order valence-corrected chi connectivity index (χ1v) is 10.2. The second-order valence-corrected chi connectivity index (χ2v) is 8.38. The quantitative estimate of drug-likeness (QED) is 0.520. The van der Waals surface area contributed by atoms with Crippen molar-refractivity contribution in [2.75, 3.05) is 0 Å². The summed E-state index contributed by atoms with van der Waals surface area (Å²) in [5.74, 6) is 0. The Labute approximate surface area is 179 Å². The summed E-state index contributed by atoms with van der Waals surface area (Å²) in [6.45, 7) is 6.14.